The van der Waals surface area contributed by atoms with Gasteiger partial charge in [-0.2, -0.15) is 0 Å². The molecule has 1 aliphatic heterocycles. The molecule has 1 heterocycles. The summed E-state index contributed by atoms with van der Waals surface area (Å²) in [4.78, 5) is 2.60. The lowest BCUT2D eigenvalue weighted by atomic mass is 9.97. The van der Waals surface area contributed by atoms with E-state index in [1.807, 2.05) is 0 Å². The molecule has 0 spiro atoms. The van der Waals surface area contributed by atoms with Gasteiger partial charge in [0, 0.05) is 19.6 Å². The average molecular weight is 195 g/mol. The van der Waals surface area contributed by atoms with Crippen LogP contribution in [0.4, 0.5) is 0 Å². The zero-order chi connectivity index (χ0) is 10.6. The summed E-state index contributed by atoms with van der Waals surface area (Å²) in [5, 5.41) is 0. The van der Waals surface area contributed by atoms with Crippen LogP contribution in [0.25, 0.3) is 0 Å². The summed E-state index contributed by atoms with van der Waals surface area (Å²) in [6, 6.07) is 0. The molecular formula is C13H25N. The van der Waals surface area contributed by atoms with Gasteiger partial charge in [-0.3, -0.25) is 0 Å². The molecule has 1 nitrogen and oxygen atoms in total. The third-order valence-electron chi connectivity index (χ3n) is 3.01. The predicted octanol–water partition coefficient (Wildman–Crippen LogP) is 3.32. The van der Waals surface area contributed by atoms with Gasteiger partial charge in [0.2, 0.25) is 0 Å². The van der Waals surface area contributed by atoms with E-state index in [0.717, 1.165) is 11.8 Å². The zero-order valence-electron chi connectivity index (χ0n) is 10.1. The Bertz CT molecular complexity index is 174. The van der Waals surface area contributed by atoms with E-state index in [0.29, 0.717) is 0 Å². The maximum atomic E-state index is 4.05. The van der Waals surface area contributed by atoms with E-state index in [-0.39, 0.29) is 0 Å². The first-order valence-corrected chi connectivity index (χ1v) is 5.97. The summed E-state index contributed by atoms with van der Waals surface area (Å²) in [7, 11) is 0. The Balaban J connectivity index is 2.20. The normalized spacial score (nSPS) is 21.6. The van der Waals surface area contributed by atoms with E-state index in [4.69, 9.17) is 0 Å². The van der Waals surface area contributed by atoms with Crippen molar-refractivity contribution in [2.75, 3.05) is 19.6 Å². The Morgan fingerprint density at radius 3 is 2.29 bits per heavy atom. The quantitative estimate of drug-likeness (QED) is 0.622. The van der Waals surface area contributed by atoms with E-state index in [9.17, 15) is 0 Å². The van der Waals surface area contributed by atoms with Gasteiger partial charge in [-0.05, 0) is 31.1 Å². The average Bonchev–Trinajstić information content (AvgIpc) is 2.07. The number of hydrogen-bond acceptors (Lipinski definition) is 1. The lowest BCUT2D eigenvalue weighted by Crippen LogP contribution is -2.34. The molecule has 1 rings (SSSR count). The molecule has 1 fully saturated rings. The number of piperidine rings is 1. The highest BCUT2D eigenvalue weighted by atomic mass is 15.1. The van der Waals surface area contributed by atoms with Gasteiger partial charge in [0.25, 0.3) is 0 Å². The van der Waals surface area contributed by atoms with Gasteiger partial charge in [0.15, 0.2) is 0 Å². The fraction of sp³-hybridized carbons (Fsp3) is 0.846. The maximum absolute atomic E-state index is 4.05. The minimum absolute atomic E-state index is 0.838. The summed E-state index contributed by atoms with van der Waals surface area (Å²) in [5.41, 5.74) is 1.44. The first-order valence-electron chi connectivity index (χ1n) is 5.97. The molecule has 1 unspecified atom stereocenters. The van der Waals surface area contributed by atoms with Crippen molar-refractivity contribution in [1.82, 2.24) is 4.90 Å². The van der Waals surface area contributed by atoms with Gasteiger partial charge in [-0.1, -0.05) is 32.9 Å². The monoisotopic (exact) mass is 195 g/mol. The third-order valence-corrected chi connectivity index (χ3v) is 3.01. The summed E-state index contributed by atoms with van der Waals surface area (Å²) in [6.45, 7) is 14.8. The molecule has 0 aromatic rings. The Labute approximate surface area is 89.2 Å². The van der Waals surface area contributed by atoms with Crippen LogP contribution in [0.15, 0.2) is 12.2 Å². The van der Waals surface area contributed by atoms with Crippen LogP contribution in [-0.2, 0) is 0 Å². The van der Waals surface area contributed by atoms with Crippen molar-refractivity contribution in [3.05, 3.63) is 12.2 Å². The smallest absolute Gasteiger partial charge is 0.00187 e. The molecule has 14 heavy (non-hydrogen) atoms. The molecule has 0 bridgehead atoms. The van der Waals surface area contributed by atoms with Gasteiger partial charge < -0.3 is 4.90 Å². The Morgan fingerprint density at radius 2 is 1.79 bits per heavy atom. The third kappa shape index (κ3) is 4.28. The van der Waals surface area contributed by atoms with Crippen LogP contribution in [0.3, 0.4) is 0 Å². The van der Waals surface area contributed by atoms with Crippen molar-refractivity contribution in [2.45, 2.75) is 40.0 Å². The first kappa shape index (κ1) is 11.8. The lowest BCUT2D eigenvalue weighted by molar-refractivity contribution is 0.211. The lowest BCUT2D eigenvalue weighted by Gasteiger charge is -2.30. The van der Waals surface area contributed by atoms with Crippen LogP contribution in [0, 0.1) is 11.8 Å². The van der Waals surface area contributed by atoms with Crippen molar-refractivity contribution < 1.29 is 0 Å². The summed E-state index contributed by atoms with van der Waals surface area (Å²) in [5.74, 6) is 1.69. The highest BCUT2D eigenvalue weighted by Gasteiger charge is 2.15. The number of nitrogens with zero attached hydrogens (tertiary/aromatic N) is 1. The fourth-order valence-corrected chi connectivity index (χ4v) is 2.37. The molecule has 0 aromatic carbocycles. The standard InChI is InChI=1S/C13H25N/c1-11(2)9-13(4)10-14-7-5-12(3)6-8-14/h11,13H,3,5-10H2,1-2,4H3. The SMILES string of the molecule is C=C1CCN(CC(C)CC(C)C)CC1. The second kappa shape index (κ2) is 5.55. The molecule has 0 aromatic heterocycles. The molecule has 0 saturated carbocycles. The molecule has 0 N–H and O–H groups in total. The van der Waals surface area contributed by atoms with Crippen molar-refractivity contribution in [2.24, 2.45) is 11.8 Å². The van der Waals surface area contributed by atoms with Gasteiger partial charge >= 0.3 is 0 Å². The van der Waals surface area contributed by atoms with Gasteiger partial charge in [-0.15, -0.1) is 0 Å². The number of rotatable bonds is 4. The summed E-state index contributed by atoms with van der Waals surface area (Å²) < 4.78 is 0. The minimum Gasteiger partial charge on any atom is -0.302 e. The van der Waals surface area contributed by atoms with E-state index in [1.165, 1.54) is 44.5 Å². The predicted molar refractivity (Wildman–Crippen MR) is 63.4 cm³/mol. The molecule has 0 aliphatic carbocycles. The first-order chi connectivity index (χ1) is 6.58. The Morgan fingerprint density at radius 1 is 1.21 bits per heavy atom. The molecule has 1 atom stereocenters. The van der Waals surface area contributed by atoms with Crippen LogP contribution >= 0.6 is 0 Å². The van der Waals surface area contributed by atoms with E-state index in [2.05, 4.69) is 32.3 Å². The van der Waals surface area contributed by atoms with E-state index in [1.54, 1.807) is 0 Å². The highest BCUT2D eigenvalue weighted by molar-refractivity contribution is 4.98. The van der Waals surface area contributed by atoms with Crippen LogP contribution in [0.2, 0.25) is 0 Å². The van der Waals surface area contributed by atoms with Crippen molar-refractivity contribution in [3.63, 3.8) is 0 Å². The molecule has 1 aliphatic rings. The molecular weight excluding hydrogens is 170 g/mol. The van der Waals surface area contributed by atoms with Crippen molar-refractivity contribution >= 4 is 0 Å². The van der Waals surface area contributed by atoms with Gasteiger partial charge in [0.1, 0.15) is 0 Å². The number of likely N-dealkylation sites (tertiary alicyclic amines) is 1. The maximum Gasteiger partial charge on any atom is 0.00187 e. The fourth-order valence-electron chi connectivity index (χ4n) is 2.37. The largest absolute Gasteiger partial charge is 0.302 e. The van der Waals surface area contributed by atoms with E-state index >= 15 is 0 Å². The molecule has 0 radical (unpaired) electrons. The van der Waals surface area contributed by atoms with Gasteiger partial charge in [-0.25, -0.2) is 0 Å². The number of hydrogen-bond donors (Lipinski definition) is 0. The van der Waals surface area contributed by atoms with Crippen LogP contribution in [0.1, 0.15) is 40.0 Å². The van der Waals surface area contributed by atoms with E-state index < -0.39 is 0 Å². The topological polar surface area (TPSA) is 3.24 Å². The second-order valence-corrected chi connectivity index (χ2v) is 5.29. The summed E-state index contributed by atoms with van der Waals surface area (Å²) >= 11 is 0. The Hall–Kier alpha value is -0.300. The molecule has 82 valence electrons. The zero-order valence-corrected chi connectivity index (χ0v) is 10.1. The molecule has 1 saturated heterocycles. The Kier molecular flexibility index (Phi) is 4.67. The van der Waals surface area contributed by atoms with Gasteiger partial charge in [0.05, 0.1) is 0 Å². The molecule has 0 amide bonds. The van der Waals surface area contributed by atoms with Crippen molar-refractivity contribution in [3.8, 4) is 0 Å². The van der Waals surface area contributed by atoms with Crippen LogP contribution < -0.4 is 0 Å². The summed E-state index contributed by atoms with van der Waals surface area (Å²) in [6.07, 6.45) is 3.79. The van der Waals surface area contributed by atoms with Crippen LogP contribution in [0.5, 0.6) is 0 Å². The van der Waals surface area contributed by atoms with Crippen LogP contribution in [-0.4, -0.2) is 24.5 Å². The minimum atomic E-state index is 0.838. The highest BCUT2D eigenvalue weighted by Crippen LogP contribution is 2.18. The molecule has 1 heteroatoms. The second-order valence-electron chi connectivity index (χ2n) is 5.29. The van der Waals surface area contributed by atoms with Crippen molar-refractivity contribution in [1.29, 1.82) is 0 Å².